The zero-order chi connectivity index (χ0) is 18.0. The predicted molar refractivity (Wildman–Crippen MR) is 90.9 cm³/mol. The van der Waals surface area contributed by atoms with Gasteiger partial charge in [0.25, 0.3) is 11.8 Å². The van der Waals surface area contributed by atoms with Crippen LogP contribution < -0.4 is 20.5 Å². The van der Waals surface area contributed by atoms with Crippen LogP contribution in [0.2, 0.25) is 0 Å². The minimum Gasteiger partial charge on any atom is -0.493 e. The van der Waals surface area contributed by atoms with Gasteiger partial charge in [0.2, 0.25) is 0 Å². The SMILES string of the molecule is COc1ccc(NC(=O)c2ccc([C@H]3C[C@@H]3C)o2)cc1OCC(N)=O. The minimum absolute atomic E-state index is 0.254. The second kappa shape index (κ2) is 6.88. The first kappa shape index (κ1) is 16.9. The normalized spacial score (nSPS) is 18.5. The number of nitrogens with two attached hydrogens (primary N) is 1. The smallest absolute Gasteiger partial charge is 0.291 e. The van der Waals surface area contributed by atoms with Crippen LogP contribution in [0.3, 0.4) is 0 Å². The van der Waals surface area contributed by atoms with Crippen molar-refractivity contribution in [3.63, 3.8) is 0 Å². The molecule has 1 aromatic heterocycles. The molecule has 1 aliphatic rings. The van der Waals surface area contributed by atoms with Gasteiger partial charge in [0.05, 0.1) is 7.11 Å². The molecular weight excluding hydrogens is 324 g/mol. The van der Waals surface area contributed by atoms with E-state index in [1.807, 2.05) is 6.07 Å². The van der Waals surface area contributed by atoms with Crippen LogP contribution in [-0.4, -0.2) is 25.5 Å². The second-order valence-electron chi connectivity index (χ2n) is 6.10. The van der Waals surface area contributed by atoms with Crippen molar-refractivity contribution in [2.24, 2.45) is 11.7 Å². The van der Waals surface area contributed by atoms with Gasteiger partial charge in [0.15, 0.2) is 23.9 Å². The number of nitrogens with one attached hydrogen (secondary N) is 1. The predicted octanol–water partition coefficient (Wildman–Crippen LogP) is 2.53. The zero-order valence-electron chi connectivity index (χ0n) is 14.1. The molecule has 132 valence electrons. The highest BCUT2D eigenvalue weighted by Crippen LogP contribution is 2.47. The highest BCUT2D eigenvalue weighted by atomic mass is 16.5. The van der Waals surface area contributed by atoms with Gasteiger partial charge in [-0.3, -0.25) is 9.59 Å². The van der Waals surface area contributed by atoms with Crippen LogP contribution in [0.15, 0.2) is 34.7 Å². The van der Waals surface area contributed by atoms with Crippen molar-refractivity contribution in [1.29, 1.82) is 0 Å². The molecule has 2 amide bonds. The van der Waals surface area contributed by atoms with Crippen LogP contribution >= 0.6 is 0 Å². The van der Waals surface area contributed by atoms with E-state index in [1.54, 1.807) is 24.3 Å². The fourth-order valence-corrected chi connectivity index (χ4v) is 2.60. The van der Waals surface area contributed by atoms with E-state index in [9.17, 15) is 9.59 Å². The van der Waals surface area contributed by atoms with Crippen molar-refractivity contribution in [3.05, 3.63) is 41.9 Å². The summed E-state index contributed by atoms with van der Waals surface area (Å²) in [6, 6.07) is 8.38. The summed E-state index contributed by atoms with van der Waals surface area (Å²) in [6.45, 7) is 1.87. The molecule has 2 atom stereocenters. The topological polar surface area (TPSA) is 104 Å². The van der Waals surface area contributed by atoms with Crippen molar-refractivity contribution in [2.75, 3.05) is 19.0 Å². The average Bonchev–Trinajstić information content (AvgIpc) is 3.11. The maximum atomic E-state index is 12.3. The number of furan rings is 1. The highest BCUT2D eigenvalue weighted by Gasteiger charge is 2.37. The molecule has 0 aliphatic heterocycles. The van der Waals surface area contributed by atoms with E-state index in [0.717, 1.165) is 12.2 Å². The molecule has 2 aromatic rings. The van der Waals surface area contributed by atoms with Gasteiger partial charge in [-0.2, -0.15) is 0 Å². The third-order valence-electron chi connectivity index (χ3n) is 4.12. The van der Waals surface area contributed by atoms with Gasteiger partial charge < -0.3 is 24.9 Å². The van der Waals surface area contributed by atoms with Crippen LogP contribution in [0, 0.1) is 5.92 Å². The number of hydrogen-bond acceptors (Lipinski definition) is 5. The van der Waals surface area contributed by atoms with Gasteiger partial charge in [-0.1, -0.05) is 6.92 Å². The van der Waals surface area contributed by atoms with E-state index in [1.165, 1.54) is 7.11 Å². The molecule has 0 saturated heterocycles. The molecule has 1 aromatic carbocycles. The Kier molecular flexibility index (Phi) is 4.65. The lowest BCUT2D eigenvalue weighted by atomic mass is 10.2. The first-order valence-corrected chi connectivity index (χ1v) is 7.98. The molecule has 1 fully saturated rings. The van der Waals surface area contributed by atoms with E-state index in [4.69, 9.17) is 19.6 Å². The maximum Gasteiger partial charge on any atom is 0.291 e. The first-order chi connectivity index (χ1) is 12.0. The number of methoxy groups -OCH3 is 1. The minimum atomic E-state index is -0.603. The summed E-state index contributed by atoms with van der Waals surface area (Å²) in [4.78, 5) is 23.2. The second-order valence-corrected chi connectivity index (χ2v) is 6.10. The summed E-state index contributed by atoms with van der Waals surface area (Å²) in [5.74, 6) is 1.90. The number of primary amides is 1. The Morgan fingerprint density at radius 3 is 2.68 bits per heavy atom. The molecule has 3 rings (SSSR count). The molecule has 0 radical (unpaired) electrons. The standard InChI is InChI=1S/C18H20N2O5/c1-10-7-12(10)13-5-6-15(25-13)18(22)20-11-3-4-14(23-2)16(8-11)24-9-17(19)21/h3-6,8,10,12H,7,9H2,1-2H3,(H2,19,21)(H,20,22)/t10-,12-/m0/s1. The van der Waals surface area contributed by atoms with E-state index < -0.39 is 5.91 Å². The Morgan fingerprint density at radius 1 is 1.28 bits per heavy atom. The molecule has 0 spiro atoms. The molecule has 3 N–H and O–H groups in total. The molecule has 1 saturated carbocycles. The van der Waals surface area contributed by atoms with E-state index in [0.29, 0.717) is 29.0 Å². The maximum absolute atomic E-state index is 12.3. The van der Waals surface area contributed by atoms with E-state index >= 15 is 0 Å². The van der Waals surface area contributed by atoms with Crippen molar-refractivity contribution >= 4 is 17.5 Å². The van der Waals surface area contributed by atoms with Crippen molar-refractivity contribution in [1.82, 2.24) is 0 Å². The van der Waals surface area contributed by atoms with Gasteiger partial charge in [-0.15, -0.1) is 0 Å². The summed E-state index contributed by atoms with van der Waals surface area (Å²) in [7, 11) is 1.48. The Balaban J connectivity index is 1.70. The monoisotopic (exact) mass is 344 g/mol. The number of carbonyl (C=O) groups is 2. The van der Waals surface area contributed by atoms with Crippen LogP contribution in [0.25, 0.3) is 0 Å². The van der Waals surface area contributed by atoms with Gasteiger partial charge in [0.1, 0.15) is 5.76 Å². The van der Waals surface area contributed by atoms with Crippen molar-refractivity contribution < 1.29 is 23.5 Å². The highest BCUT2D eigenvalue weighted by molar-refractivity contribution is 6.02. The van der Waals surface area contributed by atoms with Crippen LogP contribution in [0.5, 0.6) is 11.5 Å². The van der Waals surface area contributed by atoms with Gasteiger partial charge in [-0.25, -0.2) is 0 Å². The lowest BCUT2D eigenvalue weighted by Crippen LogP contribution is -2.20. The molecule has 25 heavy (non-hydrogen) atoms. The summed E-state index contributed by atoms with van der Waals surface area (Å²) < 4.78 is 16.1. The molecule has 1 heterocycles. The van der Waals surface area contributed by atoms with E-state index in [2.05, 4.69) is 12.2 Å². The van der Waals surface area contributed by atoms with E-state index in [-0.39, 0.29) is 18.3 Å². The Labute approximate surface area is 145 Å². The number of hydrogen-bond donors (Lipinski definition) is 2. The molecule has 7 nitrogen and oxygen atoms in total. The fourth-order valence-electron chi connectivity index (χ4n) is 2.60. The first-order valence-electron chi connectivity index (χ1n) is 7.98. The quantitative estimate of drug-likeness (QED) is 0.803. The van der Waals surface area contributed by atoms with Crippen LogP contribution in [0.4, 0.5) is 5.69 Å². The van der Waals surface area contributed by atoms with Gasteiger partial charge >= 0.3 is 0 Å². The Morgan fingerprint density at radius 2 is 2.04 bits per heavy atom. The van der Waals surface area contributed by atoms with Crippen LogP contribution in [0.1, 0.15) is 35.6 Å². The third-order valence-corrected chi connectivity index (χ3v) is 4.12. The summed E-state index contributed by atoms with van der Waals surface area (Å²) >= 11 is 0. The van der Waals surface area contributed by atoms with Crippen molar-refractivity contribution in [2.45, 2.75) is 19.3 Å². The molecule has 7 heteroatoms. The molecule has 0 unspecified atom stereocenters. The summed E-state index contributed by atoms with van der Waals surface area (Å²) in [6.07, 6.45) is 1.09. The average molecular weight is 344 g/mol. The fraction of sp³-hybridized carbons (Fsp3) is 0.333. The number of anilines is 1. The van der Waals surface area contributed by atoms with Gasteiger partial charge in [-0.05, 0) is 36.6 Å². The van der Waals surface area contributed by atoms with Crippen molar-refractivity contribution in [3.8, 4) is 11.5 Å². The Bertz CT molecular complexity index is 799. The molecule has 0 bridgehead atoms. The summed E-state index contributed by atoms with van der Waals surface area (Å²) in [5, 5.41) is 2.74. The number of ether oxygens (including phenoxy) is 2. The van der Waals surface area contributed by atoms with Gasteiger partial charge in [0, 0.05) is 17.7 Å². The number of carbonyl (C=O) groups excluding carboxylic acids is 2. The number of rotatable bonds is 7. The Hall–Kier alpha value is -2.96. The number of benzene rings is 1. The number of amides is 2. The lowest BCUT2D eigenvalue weighted by molar-refractivity contribution is -0.119. The summed E-state index contributed by atoms with van der Waals surface area (Å²) in [5.41, 5.74) is 5.57. The molecular formula is C18H20N2O5. The zero-order valence-corrected chi connectivity index (χ0v) is 14.1. The molecule has 1 aliphatic carbocycles. The third kappa shape index (κ3) is 3.93. The van der Waals surface area contributed by atoms with Crippen LogP contribution in [-0.2, 0) is 4.79 Å². The largest absolute Gasteiger partial charge is 0.493 e. The lowest BCUT2D eigenvalue weighted by Gasteiger charge is -2.11.